The quantitative estimate of drug-likeness (QED) is 0.547. The fourth-order valence-electron chi connectivity index (χ4n) is 3.90. The Labute approximate surface area is 192 Å². The molecule has 0 aliphatic carbocycles. The predicted molar refractivity (Wildman–Crippen MR) is 125 cm³/mol. The second kappa shape index (κ2) is 10.3. The van der Waals surface area contributed by atoms with Crippen molar-refractivity contribution < 1.29 is 9.18 Å². The van der Waals surface area contributed by atoms with Gasteiger partial charge in [0, 0.05) is 24.8 Å². The molecule has 2 heterocycles. The van der Waals surface area contributed by atoms with Gasteiger partial charge in [0.25, 0.3) is 0 Å². The number of aromatic nitrogens is 3. The maximum absolute atomic E-state index is 14.5. The van der Waals surface area contributed by atoms with Crippen LogP contribution < -0.4 is 5.32 Å². The normalized spacial score (nSPS) is 15.1. The van der Waals surface area contributed by atoms with Gasteiger partial charge >= 0.3 is 0 Å². The number of benzene rings is 2. The Balaban J connectivity index is 1.52. The molecule has 1 aliphatic rings. The average molecular weight is 454 g/mol. The van der Waals surface area contributed by atoms with E-state index in [1.807, 2.05) is 35.8 Å². The van der Waals surface area contributed by atoms with Crippen LogP contribution in [0.4, 0.5) is 4.39 Å². The highest BCUT2D eigenvalue weighted by molar-refractivity contribution is 7.99. The summed E-state index contributed by atoms with van der Waals surface area (Å²) >= 11 is 1.31. The molecule has 6 nitrogen and oxygen atoms in total. The van der Waals surface area contributed by atoms with Gasteiger partial charge in [-0.15, -0.1) is 10.2 Å². The van der Waals surface area contributed by atoms with E-state index in [2.05, 4.69) is 27.3 Å². The second-order valence-corrected chi connectivity index (χ2v) is 8.96. The monoisotopic (exact) mass is 453 g/mol. The lowest BCUT2D eigenvalue weighted by Gasteiger charge is -2.31. The summed E-state index contributed by atoms with van der Waals surface area (Å²) in [6.07, 6.45) is 1.95. The molecule has 1 aliphatic heterocycles. The molecule has 0 saturated carbocycles. The number of rotatable bonds is 7. The number of nitrogens with zero attached hydrogens (tertiary/aromatic N) is 4. The molecular weight excluding hydrogens is 425 g/mol. The van der Waals surface area contributed by atoms with E-state index in [1.54, 1.807) is 18.2 Å². The zero-order valence-electron chi connectivity index (χ0n) is 18.4. The number of halogens is 1. The fourth-order valence-corrected chi connectivity index (χ4v) is 4.66. The van der Waals surface area contributed by atoms with E-state index in [-0.39, 0.29) is 23.5 Å². The minimum Gasteiger partial charge on any atom is -0.353 e. The Morgan fingerprint density at radius 2 is 1.84 bits per heavy atom. The lowest BCUT2D eigenvalue weighted by molar-refractivity contribution is -0.119. The summed E-state index contributed by atoms with van der Waals surface area (Å²) in [6.45, 7) is 7.26. The van der Waals surface area contributed by atoms with Crippen molar-refractivity contribution in [1.82, 2.24) is 25.0 Å². The highest BCUT2D eigenvalue weighted by atomic mass is 32.2. The van der Waals surface area contributed by atoms with E-state index in [9.17, 15) is 9.18 Å². The number of carbonyl (C=O) groups is 1. The molecule has 0 atom stereocenters. The van der Waals surface area contributed by atoms with Crippen molar-refractivity contribution in [3.63, 3.8) is 0 Å². The summed E-state index contributed by atoms with van der Waals surface area (Å²) in [5.41, 5.74) is 2.32. The molecule has 0 radical (unpaired) electrons. The van der Waals surface area contributed by atoms with Gasteiger partial charge in [0.15, 0.2) is 11.0 Å². The maximum atomic E-state index is 14.5. The lowest BCUT2D eigenvalue weighted by atomic mass is 10.1. The predicted octanol–water partition coefficient (Wildman–Crippen LogP) is 4.07. The van der Waals surface area contributed by atoms with Crippen molar-refractivity contribution in [2.24, 2.45) is 0 Å². The second-order valence-electron chi connectivity index (χ2n) is 8.02. The van der Waals surface area contributed by atoms with Crippen molar-refractivity contribution in [3.05, 3.63) is 59.9 Å². The Morgan fingerprint density at radius 3 is 2.53 bits per heavy atom. The first-order valence-corrected chi connectivity index (χ1v) is 12.0. The Hall–Kier alpha value is -2.71. The average Bonchev–Trinajstić information content (AvgIpc) is 3.23. The molecule has 3 aromatic rings. The van der Waals surface area contributed by atoms with Crippen molar-refractivity contribution in [2.45, 2.75) is 37.9 Å². The number of aryl methyl sites for hydroxylation is 1. The smallest absolute Gasteiger partial charge is 0.230 e. The fraction of sp³-hybridized carbons (Fsp3) is 0.375. The van der Waals surface area contributed by atoms with E-state index in [4.69, 9.17) is 0 Å². The summed E-state index contributed by atoms with van der Waals surface area (Å²) in [4.78, 5) is 15.0. The van der Waals surface area contributed by atoms with Crippen LogP contribution in [0, 0.1) is 12.7 Å². The summed E-state index contributed by atoms with van der Waals surface area (Å²) in [5.74, 6) is 0.272. The van der Waals surface area contributed by atoms with Gasteiger partial charge in [0.05, 0.1) is 11.3 Å². The Bertz CT molecular complexity index is 1060. The van der Waals surface area contributed by atoms with Crippen LogP contribution >= 0.6 is 11.8 Å². The van der Waals surface area contributed by atoms with Gasteiger partial charge in [-0.2, -0.15) is 0 Å². The van der Waals surface area contributed by atoms with Gasteiger partial charge in [0.2, 0.25) is 5.91 Å². The minimum atomic E-state index is -0.360. The first kappa shape index (κ1) is 22.5. The summed E-state index contributed by atoms with van der Waals surface area (Å²) in [7, 11) is 0. The summed E-state index contributed by atoms with van der Waals surface area (Å²) in [5, 5.41) is 12.3. The van der Waals surface area contributed by atoms with E-state index in [0.717, 1.165) is 43.7 Å². The third-order valence-corrected chi connectivity index (χ3v) is 6.70. The zero-order valence-corrected chi connectivity index (χ0v) is 19.2. The van der Waals surface area contributed by atoms with E-state index >= 15 is 0 Å². The van der Waals surface area contributed by atoms with Crippen LogP contribution in [0.1, 0.15) is 25.3 Å². The Kier molecular flexibility index (Phi) is 7.22. The number of thioether (sulfide) groups is 1. The number of hydrogen-bond acceptors (Lipinski definition) is 5. The molecule has 1 aromatic heterocycles. The lowest BCUT2D eigenvalue weighted by Crippen LogP contribution is -2.45. The largest absolute Gasteiger partial charge is 0.353 e. The first-order valence-electron chi connectivity index (χ1n) is 11.0. The molecule has 8 heteroatoms. The molecule has 1 fully saturated rings. The van der Waals surface area contributed by atoms with Gasteiger partial charge in [-0.05, 0) is 50.6 Å². The van der Waals surface area contributed by atoms with Gasteiger partial charge in [-0.3, -0.25) is 9.36 Å². The van der Waals surface area contributed by atoms with Gasteiger partial charge in [-0.1, -0.05) is 48.5 Å². The molecular formula is C24H28FN5OS. The van der Waals surface area contributed by atoms with Crippen molar-refractivity contribution in [2.75, 3.05) is 25.4 Å². The molecule has 4 rings (SSSR count). The molecule has 0 unspecified atom stereocenters. The molecule has 1 saturated heterocycles. The van der Waals surface area contributed by atoms with Gasteiger partial charge in [0.1, 0.15) is 5.82 Å². The summed E-state index contributed by atoms with van der Waals surface area (Å²) in [6, 6.07) is 14.6. The number of nitrogens with one attached hydrogen (secondary N) is 1. The highest BCUT2D eigenvalue weighted by Gasteiger charge is 2.22. The zero-order chi connectivity index (χ0) is 22.5. The van der Waals surface area contributed by atoms with Crippen LogP contribution in [0.3, 0.4) is 0 Å². The van der Waals surface area contributed by atoms with Crippen molar-refractivity contribution in [1.29, 1.82) is 0 Å². The third-order valence-electron chi connectivity index (χ3n) is 5.77. The van der Waals surface area contributed by atoms with E-state index in [1.165, 1.54) is 17.8 Å². The highest BCUT2D eigenvalue weighted by Crippen LogP contribution is 2.29. The number of carbonyl (C=O) groups excluding carboxylic acids is 1. The number of piperidine rings is 1. The van der Waals surface area contributed by atoms with Crippen LogP contribution in [0.2, 0.25) is 0 Å². The van der Waals surface area contributed by atoms with Crippen LogP contribution in [-0.2, 0) is 4.79 Å². The van der Waals surface area contributed by atoms with E-state index in [0.29, 0.717) is 16.5 Å². The Morgan fingerprint density at radius 1 is 1.12 bits per heavy atom. The van der Waals surface area contributed by atoms with E-state index < -0.39 is 0 Å². The SMILES string of the molecule is CCN1CCC(NC(=O)CSc2nnc(-c3ccccc3F)n2-c2ccc(C)cc2)CC1. The van der Waals surface area contributed by atoms with Crippen molar-refractivity contribution >= 4 is 17.7 Å². The molecule has 2 aromatic carbocycles. The maximum Gasteiger partial charge on any atom is 0.230 e. The molecule has 32 heavy (non-hydrogen) atoms. The van der Waals surface area contributed by atoms with Gasteiger partial charge in [-0.25, -0.2) is 4.39 Å². The molecule has 168 valence electrons. The van der Waals surface area contributed by atoms with Gasteiger partial charge < -0.3 is 10.2 Å². The molecule has 1 amide bonds. The van der Waals surface area contributed by atoms with Crippen LogP contribution in [0.5, 0.6) is 0 Å². The van der Waals surface area contributed by atoms with Crippen LogP contribution in [0.25, 0.3) is 17.1 Å². The minimum absolute atomic E-state index is 0.0177. The number of hydrogen-bond donors (Lipinski definition) is 1. The number of amides is 1. The third kappa shape index (κ3) is 5.19. The number of likely N-dealkylation sites (tertiary alicyclic amines) is 1. The van der Waals surface area contributed by atoms with Crippen LogP contribution in [-0.4, -0.2) is 57.0 Å². The van der Waals surface area contributed by atoms with Crippen molar-refractivity contribution in [3.8, 4) is 17.1 Å². The van der Waals surface area contributed by atoms with Crippen LogP contribution in [0.15, 0.2) is 53.7 Å². The topological polar surface area (TPSA) is 63.1 Å². The standard InChI is InChI=1S/C24H28FN5OS/c1-3-29-14-12-18(13-15-29)26-22(31)16-32-24-28-27-23(20-6-4-5-7-21(20)25)30(24)19-10-8-17(2)9-11-19/h4-11,18H,3,12-16H2,1-2H3,(H,26,31). The summed E-state index contributed by atoms with van der Waals surface area (Å²) < 4.78 is 16.3. The first-order chi connectivity index (χ1) is 15.5. The molecule has 1 N–H and O–H groups in total. The molecule has 0 spiro atoms. The molecule has 0 bridgehead atoms.